The van der Waals surface area contributed by atoms with Gasteiger partial charge >= 0.3 is 0 Å². The molecule has 0 unspecified atom stereocenters. The molecule has 0 N–H and O–H groups in total. The Hall–Kier alpha value is -1.65. The summed E-state index contributed by atoms with van der Waals surface area (Å²) in [5.41, 5.74) is 1.13. The van der Waals surface area contributed by atoms with Gasteiger partial charge in [-0.3, -0.25) is 0 Å². The lowest BCUT2D eigenvalue weighted by Gasteiger charge is -2.28. The zero-order chi connectivity index (χ0) is 16.3. The average molecular weight is 317 g/mol. The van der Waals surface area contributed by atoms with Crippen LogP contribution < -0.4 is 0 Å². The molecule has 0 saturated carbocycles. The van der Waals surface area contributed by atoms with Crippen LogP contribution in [0, 0.1) is 5.92 Å². The molecule has 0 aliphatic rings. The Morgan fingerprint density at radius 1 is 0.818 bits per heavy atom. The Labute approximate surface area is 133 Å². The Morgan fingerprint density at radius 2 is 1.32 bits per heavy atom. The van der Waals surface area contributed by atoms with Crippen molar-refractivity contribution in [2.45, 2.75) is 29.7 Å². The zero-order valence-corrected chi connectivity index (χ0v) is 14.3. The van der Waals surface area contributed by atoms with Crippen LogP contribution in [0.15, 0.2) is 64.4 Å². The van der Waals surface area contributed by atoms with E-state index in [1.165, 1.54) is 0 Å². The first kappa shape index (κ1) is 16.7. The van der Waals surface area contributed by atoms with Crippen LogP contribution in [0.3, 0.4) is 0 Å². The van der Waals surface area contributed by atoms with Gasteiger partial charge in [0.2, 0.25) is 9.84 Å². The molecule has 0 bridgehead atoms. The maximum absolute atomic E-state index is 12.6. The molecule has 2 rings (SSSR count). The van der Waals surface area contributed by atoms with Crippen LogP contribution in [0.25, 0.3) is 0 Å². The molecule has 2 aromatic rings. The lowest BCUT2D eigenvalue weighted by molar-refractivity contribution is 0.235. The van der Waals surface area contributed by atoms with Crippen molar-refractivity contribution in [2.75, 3.05) is 14.1 Å². The predicted molar refractivity (Wildman–Crippen MR) is 89.6 cm³/mol. The summed E-state index contributed by atoms with van der Waals surface area (Å²) < 4.78 is 25.1. The second kappa shape index (κ2) is 6.63. The fourth-order valence-corrected chi connectivity index (χ4v) is 4.14. The first-order valence-corrected chi connectivity index (χ1v) is 8.89. The van der Waals surface area contributed by atoms with Crippen molar-refractivity contribution in [3.05, 3.63) is 60.2 Å². The number of hydrogen-bond acceptors (Lipinski definition) is 3. The summed E-state index contributed by atoms with van der Waals surface area (Å²) in [5, 5.41) is 0. The van der Waals surface area contributed by atoms with Gasteiger partial charge in [0.25, 0.3) is 0 Å². The van der Waals surface area contributed by atoms with E-state index in [1.807, 2.05) is 32.3 Å². The maximum Gasteiger partial charge on any atom is 0.206 e. The molecule has 0 spiro atoms. The van der Waals surface area contributed by atoms with Crippen LogP contribution in [0.1, 0.15) is 25.5 Å². The van der Waals surface area contributed by atoms with Gasteiger partial charge < -0.3 is 4.90 Å². The molecule has 0 amide bonds. The molecule has 4 heteroatoms. The number of benzene rings is 2. The Bertz CT molecular complexity index is 697. The van der Waals surface area contributed by atoms with Gasteiger partial charge in [0.15, 0.2) is 0 Å². The molecule has 0 heterocycles. The largest absolute Gasteiger partial charge is 0.302 e. The minimum absolute atomic E-state index is 0.272. The summed E-state index contributed by atoms with van der Waals surface area (Å²) in [5.74, 6) is 0.451. The van der Waals surface area contributed by atoms with Crippen LogP contribution in [0.5, 0.6) is 0 Å². The molecular weight excluding hydrogens is 294 g/mol. The smallest absolute Gasteiger partial charge is 0.206 e. The molecule has 3 nitrogen and oxygen atoms in total. The van der Waals surface area contributed by atoms with Gasteiger partial charge in [-0.25, -0.2) is 8.42 Å². The second-order valence-electron chi connectivity index (χ2n) is 6.04. The monoisotopic (exact) mass is 317 g/mol. The van der Waals surface area contributed by atoms with E-state index in [1.54, 1.807) is 36.4 Å². The van der Waals surface area contributed by atoms with E-state index >= 15 is 0 Å². The molecule has 0 aromatic heterocycles. The van der Waals surface area contributed by atoms with Crippen molar-refractivity contribution in [2.24, 2.45) is 5.92 Å². The second-order valence-corrected chi connectivity index (χ2v) is 7.99. The van der Waals surface area contributed by atoms with E-state index in [2.05, 4.69) is 18.7 Å². The van der Waals surface area contributed by atoms with E-state index in [9.17, 15) is 8.42 Å². The average Bonchev–Trinajstić information content (AvgIpc) is 2.48. The highest BCUT2D eigenvalue weighted by Crippen LogP contribution is 2.28. The van der Waals surface area contributed by atoms with E-state index in [4.69, 9.17) is 0 Å². The number of hydrogen-bond donors (Lipinski definition) is 0. The van der Waals surface area contributed by atoms with Crippen LogP contribution in [0.4, 0.5) is 0 Å². The zero-order valence-electron chi connectivity index (χ0n) is 13.5. The lowest BCUT2D eigenvalue weighted by atomic mass is 9.95. The molecule has 118 valence electrons. The van der Waals surface area contributed by atoms with Crippen molar-refractivity contribution in [1.29, 1.82) is 0 Å². The highest BCUT2D eigenvalue weighted by Gasteiger charge is 2.20. The van der Waals surface area contributed by atoms with Crippen molar-refractivity contribution < 1.29 is 8.42 Å². The minimum atomic E-state index is -3.44. The van der Waals surface area contributed by atoms with Crippen molar-refractivity contribution in [3.63, 3.8) is 0 Å². The Kier molecular flexibility index (Phi) is 5.04. The van der Waals surface area contributed by atoms with Crippen molar-refractivity contribution in [3.8, 4) is 0 Å². The van der Waals surface area contributed by atoms with Crippen molar-refractivity contribution in [1.82, 2.24) is 4.90 Å². The highest BCUT2D eigenvalue weighted by molar-refractivity contribution is 7.91. The van der Waals surface area contributed by atoms with E-state index in [0.717, 1.165) is 5.56 Å². The molecule has 0 radical (unpaired) electrons. The fraction of sp³-hybridized carbons (Fsp3) is 0.333. The molecule has 22 heavy (non-hydrogen) atoms. The molecular formula is C18H23NO2S. The van der Waals surface area contributed by atoms with Gasteiger partial charge in [-0.1, -0.05) is 44.2 Å². The van der Waals surface area contributed by atoms with Gasteiger partial charge in [-0.2, -0.15) is 0 Å². The van der Waals surface area contributed by atoms with Crippen LogP contribution in [-0.2, 0) is 9.84 Å². The molecule has 0 saturated heterocycles. The standard InChI is InChI=1S/C18H23NO2S/c1-14(2)18(19(3)4)15-10-12-17(13-11-15)22(20,21)16-8-6-5-7-9-16/h5-14,18H,1-4H3/t18-/m1/s1. The van der Waals surface area contributed by atoms with Crippen LogP contribution in [-0.4, -0.2) is 27.4 Å². The minimum Gasteiger partial charge on any atom is -0.302 e. The number of sulfone groups is 1. The normalized spacial score (nSPS) is 13.5. The molecule has 1 atom stereocenters. The third-order valence-corrected chi connectivity index (χ3v) is 5.56. The highest BCUT2D eigenvalue weighted by atomic mass is 32.2. The van der Waals surface area contributed by atoms with E-state index < -0.39 is 9.84 Å². The van der Waals surface area contributed by atoms with Gasteiger partial charge in [-0.05, 0) is 49.8 Å². The van der Waals surface area contributed by atoms with Crippen LogP contribution >= 0.6 is 0 Å². The summed E-state index contributed by atoms with van der Waals surface area (Å²) in [6.45, 7) is 4.33. The molecule has 0 aliphatic heterocycles. The summed E-state index contributed by atoms with van der Waals surface area (Å²) >= 11 is 0. The Balaban J connectivity index is 2.37. The third-order valence-electron chi connectivity index (χ3n) is 3.77. The molecule has 0 fully saturated rings. The first-order chi connectivity index (χ1) is 10.3. The fourth-order valence-electron chi connectivity index (χ4n) is 2.86. The number of rotatable bonds is 5. The van der Waals surface area contributed by atoms with Gasteiger partial charge in [-0.15, -0.1) is 0 Å². The summed E-state index contributed by atoms with van der Waals surface area (Å²) in [6.07, 6.45) is 0. The summed E-state index contributed by atoms with van der Waals surface area (Å²) in [4.78, 5) is 2.82. The summed E-state index contributed by atoms with van der Waals surface area (Å²) in [6, 6.07) is 16.1. The predicted octanol–water partition coefficient (Wildman–Crippen LogP) is 3.78. The quantitative estimate of drug-likeness (QED) is 0.842. The SMILES string of the molecule is CC(C)[C@H](c1ccc(S(=O)(=O)c2ccccc2)cc1)N(C)C. The lowest BCUT2D eigenvalue weighted by Crippen LogP contribution is -2.24. The molecule has 0 aliphatic carbocycles. The van der Waals surface area contributed by atoms with Crippen molar-refractivity contribution >= 4 is 9.84 Å². The van der Waals surface area contributed by atoms with Gasteiger partial charge in [0.1, 0.15) is 0 Å². The molecule has 2 aromatic carbocycles. The Morgan fingerprint density at radius 3 is 1.77 bits per heavy atom. The number of nitrogens with zero attached hydrogens (tertiary/aromatic N) is 1. The van der Waals surface area contributed by atoms with Gasteiger partial charge in [0.05, 0.1) is 9.79 Å². The van der Waals surface area contributed by atoms with E-state index in [-0.39, 0.29) is 6.04 Å². The third kappa shape index (κ3) is 3.39. The van der Waals surface area contributed by atoms with Crippen LogP contribution in [0.2, 0.25) is 0 Å². The van der Waals surface area contributed by atoms with Gasteiger partial charge in [0, 0.05) is 6.04 Å². The van der Waals surface area contributed by atoms with E-state index in [0.29, 0.717) is 15.7 Å². The topological polar surface area (TPSA) is 37.4 Å². The first-order valence-electron chi connectivity index (χ1n) is 7.40. The summed E-state index contributed by atoms with van der Waals surface area (Å²) in [7, 11) is 0.646. The maximum atomic E-state index is 12.6.